The summed E-state index contributed by atoms with van der Waals surface area (Å²) >= 11 is 6.08. The smallest absolute Gasteiger partial charge is 0.253 e. The fraction of sp³-hybridized carbons (Fsp3) is 0.375. The fourth-order valence-electron chi connectivity index (χ4n) is 4.42. The van der Waals surface area contributed by atoms with Gasteiger partial charge in [0.2, 0.25) is 11.8 Å². The van der Waals surface area contributed by atoms with Gasteiger partial charge in [-0.2, -0.15) is 0 Å². The van der Waals surface area contributed by atoms with Crippen molar-refractivity contribution in [1.29, 1.82) is 0 Å². The molecular formula is C24H27ClN4O4. The van der Waals surface area contributed by atoms with Gasteiger partial charge in [-0.15, -0.1) is 0 Å². The summed E-state index contributed by atoms with van der Waals surface area (Å²) in [5.41, 5.74) is 2.32. The number of piperidine rings is 1. The van der Waals surface area contributed by atoms with Gasteiger partial charge in [-0.3, -0.25) is 19.3 Å². The predicted molar refractivity (Wildman–Crippen MR) is 128 cm³/mol. The molecule has 3 amide bonds. The SMILES string of the molecule is COc1ccc(Cl)cc1NC(=O)CN1C(=O)C2CCCCN2c2ccc(C(=O)N(C)C)cc21. The molecule has 0 aromatic heterocycles. The molecule has 0 radical (unpaired) electrons. The number of carbonyl (C=O) groups is 3. The number of methoxy groups -OCH3 is 1. The first-order valence-corrected chi connectivity index (χ1v) is 11.2. The Morgan fingerprint density at radius 1 is 1.15 bits per heavy atom. The van der Waals surface area contributed by atoms with E-state index >= 15 is 0 Å². The molecule has 174 valence electrons. The van der Waals surface area contributed by atoms with E-state index in [-0.39, 0.29) is 30.3 Å². The molecule has 1 saturated heterocycles. The number of fused-ring (bicyclic) bond motifs is 3. The lowest BCUT2D eigenvalue weighted by Gasteiger charge is -2.45. The van der Waals surface area contributed by atoms with Crippen LogP contribution in [0.4, 0.5) is 17.1 Å². The lowest BCUT2D eigenvalue weighted by molar-refractivity contribution is -0.123. The van der Waals surface area contributed by atoms with E-state index in [2.05, 4.69) is 10.2 Å². The van der Waals surface area contributed by atoms with E-state index in [4.69, 9.17) is 16.3 Å². The van der Waals surface area contributed by atoms with E-state index in [0.717, 1.165) is 31.5 Å². The van der Waals surface area contributed by atoms with Gasteiger partial charge in [-0.05, 0) is 55.7 Å². The molecule has 2 heterocycles. The summed E-state index contributed by atoms with van der Waals surface area (Å²) in [4.78, 5) is 44.1. The van der Waals surface area contributed by atoms with Gasteiger partial charge >= 0.3 is 0 Å². The van der Waals surface area contributed by atoms with E-state index in [1.807, 2.05) is 6.07 Å². The molecule has 1 N–H and O–H groups in total. The second kappa shape index (κ2) is 9.31. The number of hydrogen-bond acceptors (Lipinski definition) is 5. The number of nitrogens with zero attached hydrogens (tertiary/aromatic N) is 3. The minimum Gasteiger partial charge on any atom is -0.495 e. The predicted octanol–water partition coefficient (Wildman–Crippen LogP) is 3.39. The van der Waals surface area contributed by atoms with Crippen molar-refractivity contribution in [1.82, 2.24) is 4.90 Å². The third-order valence-electron chi connectivity index (χ3n) is 6.02. The largest absolute Gasteiger partial charge is 0.495 e. The number of hydrogen-bond donors (Lipinski definition) is 1. The third-order valence-corrected chi connectivity index (χ3v) is 6.26. The van der Waals surface area contributed by atoms with Crippen LogP contribution < -0.4 is 19.9 Å². The van der Waals surface area contributed by atoms with Crippen LogP contribution >= 0.6 is 11.6 Å². The average molecular weight is 471 g/mol. The highest BCUT2D eigenvalue weighted by molar-refractivity contribution is 6.31. The molecule has 4 rings (SSSR count). The van der Waals surface area contributed by atoms with Gasteiger partial charge in [0.25, 0.3) is 5.91 Å². The minimum absolute atomic E-state index is 0.134. The highest BCUT2D eigenvalue weighted by Gasteiger charge is 2.40. The zero-order valence-corrected chi connectivity index (χ0v) is 19.7. The standard InChI is InChI=1S/C24H27ClN4O4/c1-27(2)23(31)15-7-9-18-20(12-15)29(24(32)19-6-4-5-11-28(18)19)14-22(30)26-17-13-16(25)8-10-21(17)33-3/h7-10,12-13,19H,4-6,11,14H2,1-3H3,(H,26,30). The highest BCUT2D eigenvalue weighted by Crippen LogP contribution is 2.40. The number of anilines is 3. The zero-order chi connectivity index (χ0) is 23.7. The Morgan fingerprint density at radius 3 is 2.67 bits per heavy atom. The van der Waals surface area contributed by atoms with Gasteiger partial charge in [-0.1, -0.05) is 11.6 Å². The molecule has 2 aromatic rings. The van der Waals surface area contributed by atoms with Gasteiger partial charge in [-0.25, -0.2) is 0 Å². The van der Waals surface area contributed by atoms with Gasteiger partial charge in [0.15, 0.2) is 0 Å². The van der Waals surface area contributed by atoms with Crippen molar-refractivity contribution in [2.24, 2.45) is 0 Å². The summed E-state index contributed by atoms with van der Waals surface area (Å²) in [6.45, 7) is 0.579. The van der Waals surface area contributed by atoms with Crippen molar-refractivity contribution in [3.63, 3.8) is 0 Å². The van der Waals surface area contributed by atoms with E-state index in [1.54, 1.807) is 44.4 Å². The van der Waals surface area contributed by atoms with Crippen LogP contribution in [-0.4, -0.2) is 63.0 Å². The topological polar surface area (TPSA) is 82.2 Å². The van der Waals surface area contributed by atoms with E-state index in [9.17, 15) is 14.4 Å². The molecule has 0 saturated carbocycles. The number of amides is 3. The number of carbonyl (C=O) groups excluding carboxylic acids is 3. The summed E-state index contributed by atoms with van der Waals surface area (Å²) in [7, 11) is 4.86. The number of ether oxygens (including phenoxy) is 1. The Morgan fingerprint density at radius 2 is 1.94 bits per heavy atom. The second-order valence-electron chi connectivity index (χ2n) is 8.43. The number of halogens is 1. The van der Waals surface area contributed by atoms with Crippen LogP contribution in [0.25, 0.3) is 0 Å². The molecule has 2 aromatic carbocycles. The minimum atomic E-state index is -0.386. The number of benzene rings is 2. The Bertz CT molecular complexity index is 1100. The van der Waals surface area contributed by atoms with Crippen LogP contribution in [0.1, 0.15) is 29.6 Å². The van der Waals surface area contributed by atoms with Crippen molar-refractivity contribution < 1.29 is 19.1 Å². The molecule has 0 bridgehead atoms. The van der Waals surface area contributed by atoms with Crippen LogP contribution in [0.3, 0.4) is 0 Å². The van der Waals surface area contributed by atoms with Gasteiger partial charge in [0.05, 0.1) is 24.2 Å². The molecule has 0 spiro atoms. The first-order valence-electron chi connectivity index (χ1n) is 10.9. The summed E-state index contributed by atoms with van der Waals surface area (Å²) in [6, 6.07) is 9.98. The van der Waals surface area contributed by atoms with E-state index in [0.29, 0.717) is 27.7 Å². The molecule has 2 aliphatic heterocycles. The maximum atomic E-state index is 13.5. The maximum Gasteiger partial charge on any atom is 0.253 e. The van der Waals surface area contributed by atoms with Gasteiger partial charge in [0.1, 0.15) is 18.3 Å². The summed E-state index contributed by atoms with van der Waals surface area (Å²) in [6.07, 6.45) is 2.69. The van der Waals surface area contributed by atoms with E-state index < -0.39 is 0 Å². The molecule has 9 heteroatoms. The summed E-state index contributed by atoms with van der Waals surface area (Å²) < 4.78 is 5.30. The first kappa shape index (κ1) is 22.9. The van der Waals surface area contributed by atoms with Crippen LogP contribution in [-0.2, 0) is 9.59 Å². The average Bonchev–Trinajstić information content (AvgIpc) is 2.81. The lowest BCUT2D eigenvalue weighted by atomic mass is 9.95. The van der Waals surface area contributed by atoms with Crippen molar-refractivity contribution in [3.8, 4) is 5.75 Å². The first-order chi connectivity index (χ1) is 15.8. The second-order valence-corrected chi connectivity index (χ2v) is 8.86. The highest BCUT2D eigenvalue weighted by atomic mass is 35.5. The normalized spacial score (nSPS) is 17.2. The Balaban J connectivity index is 1.67. The number of rotatable bonds is 5. The van der Waals surface area contributed by atoms with Crippen molar-refractivity contribution in [2.75, 3.05) is 49.4 Å². The summed E-state index contributed by atoms with van der Waals surface area (Å²) in [5.74, 6) is -0.220. The van der Waals surface area contributed by atoms with Crippen LogP contribution in [0.15, 0.2) is 36.4 Å². The maximum absolute atomic E-state index is 13.5. The van der Waals surface area contributed by atoms with Gasteiger partial charge < -0.3 is 19.9 Å². The van der Waals surface area contributed by atoms with Crippen molar-refractivity contribution >= 4 is 46.4 Å². The molecule has 0 aliphatic carbocycles. The van der Waals surface area contributed by atoms with Crippen LogP contribution in [0.2, 0.25) is 5.02 Å². The number of nitrogens with one attached hydrogen (secondary N) is 1. The molecule has 1 unspecified atom stereocenters. The fourth-order valence-corrected chi connectivity index (χ4v) is 4.60. The Kier molecular flexibility index (Phi) is 6.47. The molecule has 8 nitrogen and oxygen atoms in total. The monoisotopic (exact) mass is 470 g/mol. The van der Waals surface area contributed by atoms with Crippen molar-refractivity contribution in [2.45, 2.75) is 25.3 Å². The Hall–Kier alpha value is -3.26. The van der Waals surface area contributed by atoms with E-state index in [1.165, 1.54) is 16.9 Å². The zero-order valence-electron chi connectivity index (χ0n) is 18.9. The van der Waals surface area contributed by atoms with Gasteiger partial charge in [0, 0.05) is 31.2 Å². The van der Waals surface area contributed by atoms with Crippen LogP contribution in [0, 0.1) is 0 Å². The molecular weight excluding hydrogens is 444 g/mol. The quantitative estimate of drug-likeness (QED) is 0.724. The summed E-state index contributed by atoms with van der Waals surface area (Å²) in [5, 5.41) is 3.25. The Labute approximate surface area is 198 Å². The lowest BCUT2D eigenvalue weighted by Crippen LogP contribution is -2.56. The molecule has 1 atom stereocenters. The molecule has 33 heavy (non-hydrogen) atoms. The van der Waals surface area contributed by atoms with Crippen molar-refractivity contribution in [3.05, 3.63) is 47.0 Å². The van der Waals surface area contributed by atoms with Crippen LogP contribution in [0.5, 0.6) is 5.75 Å². The third kappa shape index (κ3) is 4.48. The molecule has 1 fully saturated rings. The molecule has 2 aliphatic rings.